The minimum atomic E-state index is -0.934. The summed E-state index contributed by atoms with van der Waals surface area (Å²) in [5.41, 5.74) is 1.61. The monoisotopic (exact) mass is 382 g/mol. The van der Waals surface area contributed by atoms with Crippen molar-refractivity contribution >= 4 is 23.6 Å². The van der Waals surface area contributed by atoms with E-state index in [1.807, 2.05) is 37.3 Å². The van der Waals surface area contributed by atoms with Gasteiger partial charge in [0.25, 0.3) is 0 Å². The number of hydrogen-bond acceptors (Lipinski definition) is 5. The molecule has 2 amide bonds. The Bertz CT molecular complexity index is 877. The molecule has 6 nitrogen and oxygen atoms in total. The van der Waals surface area contributed by atoms with Gasteiger partial charge in [-0.3, -0.25) is 9.59 Å². The fourth-order valence-electron chi connectivity index (χ4n) is 2.91. The van der Waals surface area contributed by atoms with Crippen LogP contribution in [-0.2, 0) is 16.1 Å². The molecular formula is C20H22N4O2S. The first kappa shape index (κ1) is 20.5. The van der Waals surface area contributed by atoms with Gasteiger partial charge in [-0.15, -0.1) is 0 Å². The van der Waals surface area contributed by atoms with Gasteiger partial charge in [-0.2, -0.15) is 10.5 Å². The highest BCUT2D eigenvalue weighted by Gasteiger charge is 2.44. The highest BCUT2D eigenvalue weighted by Crippen LogP contribution is 2.41. The molecule has 7 heteroatoms. The Labute approximate surface area is 163 Å². The zero-order chi connectivity index (χ0) is 20.2. The van der Waals surface area contributed by atoms with Crippen LogP contribution >= 0.6 is 11.8 Å². The van der Waals surface area contributed by atoms with Gasteiger partial charge in [0.1, 0.15) is 5.92 Å². The third-order valence-electron chi connectivity index (χ3n) is 4.77. The quantitative estimate of drug-likeness (QED) is 0.844. The summed E-state index contributed by atoms with van der Waals surface area (Å²) in [6.45, 7) is 5.89. The van der Waals surface area contributed by atoms with E-state index in [-0.39, 0.29) is 11.7 Å². The first-order chi connectivity index (χ1) is 12.7. The number of amides is 2. The van der Waals surface area contributed by atoms with E-state index in [1.54, 1.807) is 25.8 Å². The lowest BCUT2D eigenvalue weighted by Gasteiger charge is -2.34. The SMILES string of the molecule is Cc1ccccc1CN(C)C(=O)CSC1=C(C#N)C(C)(C)[C@@H](C#N)C(=O)N1. The summed E-state index contributed by atoms with van der Waals surface area (Å²) >= 11 is 1.12. The zero-order valence-electron chi connectivity index (χ0n) is 15.9. The van der Waals surface area contributed by atoms with Crippen LogP contribution in [0.5, 0.6) is 0 Å². The molecule has 27 heavy (non-hydrogen) atoms. The zero-order valence-corrected chi connectivity index (χ0v) is 16.7. The van der Waals surface area contributed by atoms with Gasteiger partial charge in [0.2, 0.25) is 11.8 Å². The lowest BCUT2D eigenvalue weighted by atomic mass is 9.72. The third-order valence-corrected chi connectivity index (χ3v) is 5.75. The normalized spacial score (nSPS) is 18.3. The standard InChI is InChI=1S/C20H22N4O2S/c1-13-7-5-6-8-14(13)11-24(4)17(25)12-27-19-16(10-22)20(2,3)15(9-21)18(26)23-19/h5-8,15H,11-12H2,1-4H3,(H,23,26)/t15-/m0/s1. The van der Waals surface area contributed by atoms with Crippen LogP contribution in [0.15, 0.2) is 34.9 Å². The molecular weight excluding hydrogens is 360 g/mol. The van der Waals surface area contributed by atoms with Gasteiger partial charge in [0.15, 0.2) is 0 Å². The maximum absolute atomic E-state index is 12.5. The Kier molecular flexibility index (Phi) is 6.30. The van der Waals surface area contributed by atoms with Crippen LogP contribution in [0.25, 0.3) is 0 Å². The number of nitrogens with zero attached hydrogens (tertiary/aromatic N) is 3. The molecule has 0 aromatic heterocycles. The molecule has 1 atom stereocenters. The van der Waals surface area contributed by atoms with Crippen LogP contribution in [0.3, 0.4) is 0 Å². The second-order valence-electron chi connectivity index (χ2n) is 7.05. The molecule has 0 bridgehead atoms. The highest BCUT2D eigenvalue weighted by atomic mass is 32.2. The summed E-state index contributed by atoms with van der Waals surface area (Å²) in [6.07, 6.45) is 0. The first-order valence-electron chi connectivity index (χ1n) is 8.49. The third kappa shape index (κ3) is 4.32. The molecule has 0 saturated carbocycles. The van der Waals surface area contributed by atoms with Gasteiger partial charge in [0.05, 0.1) is 28.5 Å². The van der Waals surface area contributed by atoms with Crippen molar-refractivity contribution in [1.82, 2.24) is 10.2 Å². The lowest BCUT2D eigenvalue weighted by Crippen LogP contribution is -2.44. The summed E-state index contributed by atoms with van der Waals surface area (Å²) in [6, 6.07) is 11.9. The van der Waals surface area contributed by atoms with Gasteiger partial charge in [-0.25, -0.2) is 0 Å². The molecule has 0 aliphatic carbocycles. The Hall–Kier alpha value is -2.77. The molecule has 0 unspecified atom stereocenters. The molecule has 1 aliphatic heterocycles. The van der Waals surface area contributed by atoms with Gasteiger partial charge in [-0.05, 0) is 18.1 Å². The molecule has 1 N–H and O–H groups in total. The predicted molar refractivity (Wildman–Crippen MR) is 104 cm³/mol. The minimum Gasteiger partial charge on any atom is -0.341 e. The van der Waals surface area contributed by atoms with E-state index >= 15 is 0 Å². The molecule has 1 aromatic carbocycles. The average molecular weight is 382 g/mol. The van der Waals surface area contributed by atoms with Crippen molar-refractivity contribution in [3.8, 4) is 12.1 Å². The van der Waals surface area contributed by atoms with E-state index in [4.69, 9.17) is 0 Å². The molecule has 2 rings (SSSR count). The number of nitriles is 2. The molecule has 0 spiro atoms. The number of hydrogen-bond donors (Lipinski definition) is 1. The largest absolute Gasteiger partial charge is 0.341 e. The van der Waals surface area contributed by atoms with Crippen molar-refractivity contribution in [3.05, 3.63) is 46.0 Å². The lowest BCUT2D eigenvalue weighted by molar-refractivity contribution is -0.128. The molecule has 1 aliphatic rings. The van der Waals surface area contributed by atoms with Gasteiger partial charge >= 0.3 is 0 Å². The maximum atomic E-state index is 12.5. The van der Waals surface area contributed by atoms with Crippen molar-refractivity contribution < 1.29 is 9.59 Å². The van der Waals surface area contributed by atoms with E-state index in [0.29, 0.717) is 17.1 Å². The summed E-state index contributed by atoms with van der Waals surface area (Å²) in [4.78, 5) is 26.3. The van der Waals surface area contributed by atoms with Crippen molar-refractivity contribution in [1.29, 1.82) is 10.5 Å². The number of thioether (sulfide) groups is 1. The predicted octanol–water partition coefficient (Wildman–Crippen LogP) is 2.72. The first-order valence-corrected chi connectivity index (χ1v) is 9.47. The second kappa shape index (κ2) is 8.28. The van der Waals surface area contributed by atoms with Gasteiger partial charge in [-0.1, -0.05) is 49.9 Å². The van der Waals surface area contributed by atoms with Crippen LogP contribution in [0, 0.1) is 40.9 Å². The number of nitrogens with one attached hydrogen (secondary N) is 1. The number of carbonyl (C=O) groups excluding carboxylic acids is 2. The molecule has 1 aromatic rings. The maximum Gasteiger partial charge on any atom is 0.243 e. The molecule has 0 radical (unpaired) electrons. The highest BCUT2D eigenvalue weighted by molar-refractivity contribution is 8.03. The average Bonchev–Trinajstić information content (AvgIpc) is 2.61. The molecule has 1 heterocycles. The van der Waals surface area contributed by atoms with Crippen molar-refractivity contribution in [2.45, 2.75) is 27.3 Å². The number of allylic oxidation sites excluding steroid dienone is 1. The van der Waals surface area contributed by atoms with E-state index in [2.05, 4.69) is 11.4 Å². The van der Waals surface area contributed by atoms with Crippen molar-refractivity contribution in [2.75, 3.05) is 12.8 Å². The van der Waals surface area contributed by atoms with E-state index in [0.717, 1.165) is 22.9 Å². The number of carbonyl (C=O) groups is 2. The van der Waals surface area contributed by atoms with Gasteiger partial charge < -0.3 is 10.2 Å². The Morgan fingerprint density at radius 1 is 1.33 bits per heavy atom. The summed E-state index contributed by atoms with van der Waals surface area (Å²) in [5.74, 6) is -1.39. The van der Waals surface area contributed by atoms with E-state index in [9.17, 15) is 20.1 Å². The van der Waals surface area contributed by atoms with Crippen molar-refractivity contribution in [2.24, 2.45) is 11.3 Å². The summed E-state index contributed by atoms with van der Waals surface area (Å²) in [7, 11) is 1.73. The smallest absolute Gasteiger partial charge is 0.243 e. The van der Waals surface area contributed by atoms with Crippen LogP contribution in [0.2, 0.25) is 0 Å². The molecule has 0 saturated heterocycles. The Morgan fingerprint density at radius 2 is 2.00 bits per heavy atom. The fourth-order valence-corrected chi connectivity index (χ4v) is 4.02. The number of rotatable bonds is 5. The van der Waals surface area contributed by atoms with Crippen LogP contribution in [-0.4, -0.2) is 29.5 Å². The molecule has 140 valence electrons. The second-order valence-corrected chi connectivity index (χ2v) is 8.04. The fraction of sp³-hybridized carbons (Fsp3) is 0.400. The van der Waals surface area contributed by atoms with Crippen LogP contribution in [0.1, 0.15) is 25.0 Å². The topological polar surface area (TPSA) is 97.0 Å². The van der Waals surface area contributed by atoms with E-state index in [1.165, 1.54) is 0 Å². The number of aryl methyl sites for hydroxylation is 1. The Balaban J connectivity index is 2.10. The van der Waals surface area contributed by atoms with Gasteiger partial charge in [0, 0.05) is 19.0 Å². The van der Waals surface area contributed by atoms with Crippen molar-refractivity contribution in [3.63, 3.8) is 0 Å². The number of benzene rings is 1. The summed E-state index contributed by atoms with van der Waals surface area (Å²) < 4.78 is 0. The minimum absolute atomic E-state index is 0.0937. The molecule has 0 fully saturated rings. The van der Waals surface area contributed by atoms with E-state index < -0.39 is 17.2 Å². The summed E-state index contributed by atoms with van der Waals surface area (Å²) in [5, 5.41) is 21.7. The Morgan fingerprint density at radius 3 is 2.59 bits per heavy atom. The van der Waals surface area contributed by atoms with Crippen LogP contribution < -0.4 is 5.32 Å². The van der Waals surface area contributed by atoms with Crippen LogP contribution in [0.4, 0.5) is 0 Å².